The molecule has 0 spiro atoms. The van der Waals surface area contributed by atoms with E-state index < -0.39 is 0 Å². The summed E-state index contributed by atoms with van der Waals surface area (Å²) in [6.07, 6.45) is 3.21. The molecule has 0 heterocycles. The molecule has 0 atom stereocenters. The van der Waals surface area contributed by atoms with Crippen LogP contribution < -0.4 is 0 Å². The summed E-state index contributed by atoms with van der Waals surface area (Å²) in [7, 11) is 0. The van der Waals surface area contributed by atoms with E-state index in [0.29, 0.717) is 6.42 Å². The first-order chi connectivity index (χ1) is 4.33. The lowest BCUT2D eigenvalue weighted by molar-refractivity contribution is 1.36. The predicted octanol–water partition coefficient (Wildman–Crippen LogP) is 1.78. The van der Waals surface area contributed by atoms with Gasteiger partial charge in [0.2, 0.25) is 0 Å². The Bertz CT molecular complexity index is 145. The maximum absolute atomic E-state index is 7.74. The number of nitrogens with zero attached hydrogens (tertiary/aromatic N) is 2. The summed E-state index contributed by atoms with van der Waals surface area (Å²) in [6, 6.07) is 3.59. The molecule has 0 aliphatic heterocycles. The maximum Gasteiger partial charge on any atom is 0.0905 e. The number of nitriles is 2. The summed E-state index contributed by atoms with van der Waals surface area (Å²) in [5.74, 6) is 0. The molecular formula is C7H8N2. The van der Waals surface area contributed by atoms with Crippen molar-refractivity contribution >= 4 is 0 Å². The molecule has 0 amide bonds. The molecule has 0 N–H and O–H groups in total. The Morgan fingerprint density at radius 2 is 1.78 bits per heavy atom. The Kier molecular flexibility index (Phi) is 18.7. The van der Waals surface area contributed by atoms with Crippen LogP contribution in [0.3, 0.4) is 0 Å². The van der Waals surface area contributed by atoms with E-state index in [-0.39, 0.29) is 0 Å². The van der Waals surface area contributed by atoms with Gasteiger partial charge in [0.15, 0.2) is 0 Å². The van der Waals surface area contributed by atoms with Crippen LogP contribution in [-0.4, -0.2) is 0 Å². The van der Waals surface area contributed by atoms with Crippen molar-refractivity contribution in [1.82, 2.24) is 0 Å². The van der Waals surface area contributed by atoms with Gasteiger partial charge in [0, 0.05) is 6.08 Å². The zero-order chi connectivity index (χ0) is 7.54. The van der Waals surface area contributed by atoms with Crippen molar-refractivity contribution in [2.45, 2.75) is 6.42 Å². The van der Waals surface area contributed by atoms with E-state index in [1.165, 1.54) is 6.08 Å². The fourth-order valence-corrected chi connectivity index (χ4v) is 0.0645. The largest absolute Gasteiger partial charge is 0.198 e. The van der Waals surface area contributed by atoms with Crippen LogP contribution >= 0.6 is 0 Å². The van der Waals surface area contributed by atoms with Crippen molar-refractivity contribution < 1.29 is 0 Å². The molecule has 0 radical (unpaired) electrons. The third kappa shape index (κ3) is 60.3. The molecule has 0 saturated carbocycles. The number of rotatable bonds is 1. The van der Waals surface area contributed by atoms with Gasteiger partial charge in [0.1, 0.15) is 0 Å². The van der Waals surface area contributed by atoms with Crippen LogP contribution in [0.15, 0.2) is 25.3 Å². The average Bonchev–Trinajstić information content (AvgIpc) is 1.91. The van der Waals surface area contributed by atoms with Gasteiger partial charge in [0.25, 0.3) is 0 Å². The molecule has 0 rings (SSSR count). The number of hydrogen-bond donors (Lipinski definition) is 0. The summed E-state index contributed by atoms with van der Waals surface area (Å²) >= 11 is 0. The predicted molar refractivity (Wildman–Crippen MR) is 36.2 cm³/mol. The zero-order valence-electron chi connectivity index (χ0n) is 5.17. The standard InChI is InChI=1S/C4H5N.C3H3N/c1-2-3-4-5;1-2-3-4/h2H,1,3H2;2H,1H2. The molecule has 0 fully saturated rings. The molecule has 9 heavy (non-hydrogen) atoms. The van der Waals surface area contributed by atoms with Crippen LogP contribution in [-0.2, 0) is 0 Å². The van der Waals surface area contributed by atoms with Gasteiger partial charge in [-0.05, 0) is 0 Å². The summed E-state index contributed by atoms with van der Waals surface area (Å²) in [5.41, 5.74) is 0. The zero-order valence-corrected chi connectivity index (χ0v) is 5.17. The second kappa shape index (κ2) is 16.1. The minimum absolute atomic E-state index is 0.458. The molecule has 0 aliphatic rings. The molecule has 0 saturated heterocycles. The topological polar surface area (TPSA) is 47.6 Å². The van der Waals surface area contributed by atoms with E-state index in [1.54, 1.807) is 12.1 Å². The first-order valence-electron chi connectivity index (χ1n) is 2.31. The van der Waals surface area contributed by atoms with Crippen LogP contribution in [0.2, 0.25) is 0 Å². The highest BCUT2D eigenvalue weighted by Crippen LogP contribution is 1.67. The minimum Gasteiger partial charge on any atom is -0.198 e. The highest BCUT2D eigenvalue weighted by atomic mass is 14.2. The summed E-state index contributed by atoms with van der Waals surface area (Å²) in [4.78, 5) is 0. The SMILES string of the molecule is C=CC#N.C=CCC#N. The molecule has 0 aromatic carbocycles. The van der Waals surface area contributed by atoms with Crippen molar-refractivity contribution in [3.05, 3.63) is 25.3 Å². The van der Waals surface area contributed by atoms with Gasteiger partial charge < -0.3 is 0 Å². The smallest absolute Gasteiger partial charge is 0.0905 e. The third-order valence-corrected chi connectivity index (χ3v) is 0.327. The Morgan fingerprint density at radius 1 is 1.33 bits per heavy atom. The van der Waals surface area contributed by atoms with Gasteiger partial charge in [-0.3, -0.25) is 0 Å². The van der Waals surface area contributed by atoms with Crippen LogP contribution in [0, 0.1) is 22.7 Å². The average molecular weight is 120 g/mol. The number of allylic oxidation sites excluding steroid dienone is 2. The van der Waals surface area contributed by atoms with E-state index in [0.717, 1.165) is 0 Å². The Labute approximate surface area is 55.3 Å². The van der Waals surface area contributed by atoms with E-state index in [1.807, 2.05) is 6.07 Å². The van der Waals surface area contributed by atoms with Crippen LogP contribution in [0.1, 0.15) is 6.42 Å². The van der Waals surface area contributed by atoms with Gasteiger partial charge in [-0.25, -0.2) is 0 Å². The normalized spacial score (nSPS) is 4.67. The Morgan fingerprint density at radius 3 is 1.78 bits per heavy atom. The summed E-state index contributed by atoms with van der Waals surface area (Å²) in [6.45, 7) is 6.45. The first kappa shape index (κ1) is 10.4. The van der Waals surface area contributed by atoms with E-state index in [2.05, 4.69) is 13.2 Å². The van der Waals surface area contributed by atoms with Crippen molar-refractivity contribution in [2.75, 3.05) is 0 Å². The molecule has 0 aromatic heterocycles. The lowest BCUT2D eigenvalue weighted by atomic mass is 10.5. The Hall–Kier alpha value is -1.54. The van der Waals surface area contributed by atoms with Gasteiger partial charge in [-0.1, -0.05) is 12.7 Å². The molecule has 2 heteroatoms. The third-order valence-electron chi connectivity index (χ3n) is 0.327. The van der Waals surface area contributed by atoms with Gasteiger partial charge >= 0.3 is 0 Å². The highest BCUT2D eigenvalue weighted by Gasteiger charge is 1.56. The quantitative estimate of drug-likeness (QED) is 0.391. The van der Waals surface area contributed by atoms with Gasteiger partial charge in [-0.2, -0.15) is 10.5 Å². The van der Waals surface area contributed by atoms with E-state index in [4.69, 9.17) is 10.5 Å². The molecule has 46 valence electrons. The van der Waals surface area contributed by atoms with E-state index in [9.17, 15) is 0 Å². The molecule has 0 aliphatic carbocycles. The van der Waals surface area contributed by atoms with Crippen molar-refractivity contribution in [3.8, 4) is 12.1 Å². The van der Waals surface area contributed by atoms with Crippen LogP contribution in [0.5, 0.6) is 0 Å². The molecule has 0 bridgehead atoms. The second-order valence-corrected chi connectivity index (χ2v) is 0.984. The fraction of sp³-hybridized carbons (Fsp3) is 0.143. The molecule has 2 nitrogen and oxygen atoms in total. The van der Waals surface area contributed by atoms with Crippen molar-refractivity contribution in [3.63, 3.8) is 0 Å². The van der Waals surface area contributed by atoms with E-state index >= 15 is 0 Å². The summed E-state index contributed by atoms with van der Waals surface area (Å²) in [5, 5.41) is 15.3. The second-order valence-electron chi connectivity index (χ2n) is 0.984. The monoisotopic (exact) mass is 120 g/mol. The fourth-order valence-electron chi connectivity index (χ4n) is 0.0645. The highest BCUT2D eigenvalue weighted by molar-refractivity contribution is 4.93. The summed E-state index contributed by atoms with van der Waals surface area (Å²) < 4.78 is 0. The number of hydrogen-bond acceptors (Lipinski definition) is 2. The lowest BCUT2D eigenvalue weighted by Crippen LogP contribution is -1.45. The van der Waals surface area contributed by atoms with Crippen LogP contribution in [0.4, 0.5) is 0 Å². The van der Waals surface area contributed by atoms with Gasteiger partial charge in [-0.15, -0.1) is 6.58 Å². The van der Waals surface area contributed by atoms with Crippen molar-refractivity contribution in [2.24, 2.45) is 0 Å². The van der Waals surface area contributed by atoms with Gasteiger partial charge in [0.05, 0.1) is 18.6 Å². The van der Waals surface area contributed by atoms with Crippen molar-refractivity contribution in [1.29, 1.82) is 10.5 Å². The molecular weight excluding hydrogens is 112 g/mol. The van der Waals surface area contributed by atoms with Crippen LogP contribution in [0.25, 0.3) is 0 Å². The lowest BCUT2D eigenvalue weighted by Gasteiger charge is -1.55. The molecule has 0 unspecified atom stereocenters. The molecule has 0 aromatic rings. The first-order valence-corrected chi connectivity index (χ1v) is 2.31. The Balaban J connectivity index is 0. The minimum atomic E-state index is 0.458. The maximum atomic E-state index is 7.74.